The van der Waals surface area contributed by atoms with Gasteiger partial charge in [-0.1, -0.05) is 35.4 Å². The Balaban J connectivity index is 1.45. The van der Waals surface area contributed by atoms with Crippen molar-refractivity contribution in [1.29, 1.82) is 0 Å². The largest absolute Gasteiger partial charge is 0.292 e. The van der Waals surface area contributed by atoms with Gasteiger partial charge in [0.25, 0.3) is 17.7 Å². The Morgan fingerprint density at radius 2 is 1.58 bits per heavy atom. The number of Topliss-reactive ketones (excluding diaryl/α,β-unsaturated/α-hetero) is 1. The zero-order valence-corrected chi connectivity index (χ0v) is 22.2. The maximum absolute atomic E-state index is 14.1. The molecule has 2 aromatic carbocycles. The standard InChI is InChI=1S/C28H22Cl3FN2O4/c29-10-9-22(25(35)13-1-4-15(32)5-2-13)33(26(36)18-6-3-14(30)11-21(18)31)34-27(37)23-16-7-8-17(20-12-19(16)20)24(23)28(34)38/h1-8,11,16-17,19-20,22-24H,9-10,12H2/t16-,17-,19-,20+,22-,23-,24+/m0/s1. The van der Waals surface area contributed by atoms with Gasteiger partial charge in [0.15, 0.2) is 5.78 Å². The molecule has 2 aromatic rings. The van der Waals surface area contributed by atoms with Gasteiger partial charge in [0, 0.05) is 16.5 Å². The van der Waals surface area contributed by atoms with Crippen molar-refractivity contribution >= 4 is 58.3 Å². The molecular formula is C28H22Cl3FN2O4. The monoisotopic (exact) mass is 574 g/mol. The van der Waals surface area contributed by atoms with Gasteiger partial charge in [-0.3, -0.25) is 19.2 Å². The molecule has 1 saturated heterocycles. The zero-order valence-electron chi connectivity index (χ0n) is 19.9. The highest BCUT2D eigenvalue weighted by atomic mass is 35.5. The Kier molecular flexibility index (Phi) is 6.36. The summed E-state index contributed by atoms with van der Waals surface area (Å²) in [6, 6.07) is 7.75. The van der Waals surface area contributed by atoms with Crippen LogP contribution in [0.4, 0.5) is 4.39 Å². The molecule has 7 rings (SSSR count). The highest BCUT2D eigenvalue weighted by Crippen LogP contribution is 2.65. The van der Waals surface area contributed by atoms with Gasteiger partial charge in [0.2, 0.25) is 0 Å². The van der Waals surface area contributed by atoms with E-state index in [4.69, 9.17) is 34.8 Å². The predicted molar refractivity (Wildman–Crippen MR) is 139 cm³/mol. The first-order chi connectivity index (χ1) is 18.2. The van der Waals surface area contributed by atoms with Crippen LogP contribution in [0.1, 0.15) is 33.6 Å². The summed E-state index contributed by atoms with van der Waals surface area (Å²) in [5.41, 5.74) is 0.0861. The van der Waals surface area contributed by atoms with Gasteiger partial charge >= 0.3 is 0 Å². The molecule has 38 heavy (non-hydrogen) atoms. The van der Waals surface area contributed by atoms with Gasteiger partial charge in [-0.25, -0.2) is 9.40 Å². The molecule has 0 N–H and O–H groups in total. The fraction of sp³-hybridized carbons (Fsp3) is 0.357. The normalized spacial score (nSPS) is 29.2. The lowest BCUT2D eigenvalue weighted by molar-refractivity contribution is -0.157. The van der Waals surface area contributed by atoms with Crippen LogP contribution in [0.15, 0.2) is 54.6 Å². The third kappa shape index (κ3) is 3.90. The topological polar surface area (TPSA) is 74.8 Å². The average molecular weight is 576 g/mol. The Labute approximate surface area is 233 Å². The van der Waals surface area contributed by atoms with E-state index >= 15 is 0 Å². The maximum atomic E-state index is 14.1. The number of alkyl halides is 1. The summed E-state index contributed by atoms with van der Waals surface area (Å²) >= 11 is 18.5. The Bertz CT molecular complexity index is 1360. The number of benzene rings is 2. The highest BCUT2D eigenvalue weighted by Gasteiger charge is 2.68. The summed E-state index contributed by atoms with van der Waals surface area (Å²) in [7, 11) is 0. The Hall–Kier alpha value is -2.74. The third-order valence-corrected chi connectivity index (χ3v) is 9.10. The zero-order chi connectivity index (χ0) is 26.9. The van der Waals surface area contributed by atoms with E-state index in [0.717, 1.165) is 28.6 Å². The minimum Gasteiger partial charge on any atom is -0.292 e. The summed E-state index contributed by atoms with van der Waals surface area (Å²) < 4.78 is 13.6. The molecule has 3 amide bonds. The van der Waals surface area contributed by atoms with Crippen LogP contribution in [0.2, 0.25) is 10.0 Å². The van der Waals surface area contributed by atoms with E-state index in [1.807, 2.05) is 12.2 Å². The first-order valence-corrected chi connectivity index (χ1v) is 13.7. The molecule has 0 unspecified atom stereocenters. The summed E-state index contributed by atoms with van der Waals surface area (Å²) in [5.74, 6) is -3.59. The first kappa shape index (κ1) is 25.5. The molecule has 0 spiro atoms. The van der Waals surface area contributed by atoms with E-state index < -0.39 is 47.2 Å². The van der Waals surface area contributed by atoms with E-state index in [-0.39, 0.29) is 40.3 Å². The van der Waals surface area contributed by atoms with Gasteiger partial charge in [-0.15, -0.1) is 11.6 Å². The molecule has 196 valence electrons. The number of allylic oxidation sites excluding steroid dienone is 2. The van der Waals surface area contributed by atoms with E-state index in [2.05, 4.69) is 0 Å². The molecular weight excluding hydrogens is 554 g/mol. The molecule has 2 saturated carbocycles. The minimum absolute atomic E-state index is 0.00541. The second-order valence-corrected chi connectivity index (χ2v) is 11.5. The molecule has 6 nitrogen and oxygen atoms in total. The molecule has 1 heterocycles. The van der Waals surface area contributed by atoms with Crippen molar-refractivity contribution in [3.63, 3.8) is 0 Å². The summed E-state index contributed by atoms with van der Waals surface area (Å²) in [6.45, 7) is 0. The van der Waals surface area contributed by atoms with Crippen molar-refractivity contribution < 1.29 is 23.6 Å². The molecule has 10 heteroatoms. The van der Waals surface area contributed by atoms with E-state index in [9.17, 15) is 23.6 Å². The minimum atomic E-state index is -1.31. The highest BCUT2D eigenvalue weighted by molar-refractivity contribution is 6.36. The summed E-state index contributed by atoms with van der Waals surface area (Å²) in [5, 5.41) is 2.08. The number of halogens is 4. The number of hydrazine groups is 1. The van der Waals surface area contributed by atoms with E-state index in [0.29, 0.717) is 16.9 Å². The molecule has 5 aliphatic rings. The van der Waals surface area contributed by atoms with Gasteiger partial charge in [-0.2, -0.15) is 5.01 Å². The molecule has 0 aromatic heterocycles. The summed E-state index contributed by atoms with van der Waals surface area (Å²) in [4.78, 5) is 55.8. The van der Waals surface area contributed by atoms with E-state index in [1.54, 1.807) is 0 Å². The smallest absolute Gasteiger partial charge is 0.275 e. The SMILES string of the molecule is O=C(c1ccc(F)cc1)[C@H](CCCl)N(C(=O)c1ccc(Cl)cc1Cl)N1C(=O)[C@@H]2[C@H]3C=C[C@@H]([C@@H]4C[C@H]34)[C@@H]2C1=O. The molecule has 4 aliphatic carbocycles. The predicted octanol–water partition coefficient (Wildman–Crippen LogP) is 5.42. The number of rotatable bonds is 7. The lowest BCUT2D eigenvalue weighted by Gasteiger charge is -2.37. The van der Waals surface area contributed by atoms with Crippen LogP contribution in [-0.4, -0.2) is 45.4 Å². The van der Waals surface area contributed by atoms with Crippen LogP contribution in [0, 0.1) is 41.3 Å². The molecule has 2 bridgehead atoms. The lowest BCUT2D eigenvalue weighted by Crippen LogP contribution is -2.57. The Morgan fingerprint density at radius 3 is 2.13 bits per heavy atom. The number of ketones is 1. The van der Waals surface area contributed by atoms with Crippen LogP contribution in [0.25, 0.3) is 0 Å². The van der Waals surface area contributed by atoms with Gasteiger partial charge in [-0.05, 0) is 79.0 Å². The van der Waals surface area contributed by atoms with Crippen molar-refractivity contribution in [2.45, 2.75) is 18.9 Å². The lowest BCUT2D eigenvalue weighted by atomic mass is 9.63. The van der Waals surface area contributed by atoms with Crippen LogP contribution < -0.4 is 0 Å². The van der Waals surface area contributed by atoms with E-state index in [1.165, 1.54) is 30.3 Å². The number of amides is 3. The quantitative estimate of drug-likeness (QED) is 0.191. The van der Waals surface area contributed by atoms with Crippen LogP contribution in [0.5, 0.6) is 0 Å². The fourth-order valence-corrected chi connectivity index (χ4v) is 7.28. The number of carbonyl (C=O) groups is 4. The maximum Gasteiger partial charge on any atom is 0.275 e. The van der Waals surface area contributed by atoms with Crippen molar-refractivity contribution in [3.8, 4) is 0 Å². The molecule has 3 fully saturated rings. The van der Waals surface area contributed by atoms with Gasteiger partial charge < -0.3 is 0 Å². The summed E-state index contributed by atoms with van der Waals surface area (Å²) in [6.07, 6.45) is 4.97. The van der Waals surface area contributed by atoms with Crippen LogP contribution in [-0.2, 0) is 9.59 Å². The second kappa shape index (κ2) is 9.47. The average Bonchev–Trinajstić information content (AvgIpc) is 3.68. The third-order valence-electron chi connectivity index (χ3n) is 8.33. The number of nitrogens with zero attached hydrogens (tertiary/aromatic N) is 2. The first-order valence-electron chi connectivity index (χ1n) is 12.4. The number of hydrogen-bond acceptors (Lipinski definition) is 4. The number of carbonyl (C=O) groups excluding carboxylic acids is 4. The molecule has 7 atom stereocenters. The van der Waals surface area contributed by atoms with Crippen LogP contribution in [0.3, 0.4) is 0 Å². The van der Waals surface area contributed by atoms with Gasteiger partial charge in [0.05, 0.1) is 22.4 Å². The van der Waals surface area contributed by atoms with Crippen LogP contribution >= 0.6 is 34.8 Å². The number of hydrogen-bond donors (Lipinski definition) is 0. The molecule has 0 radical (unpaired) electrons. The fourth-order valence-electron chi connectivity index (χ4n) is 6.59. The van der Waals surface area contributed by atoms with Crippen molar-refractivity contribution in [2.75, 3.05) is 5.88 Å². The second-order valence-electron chi connectivity index (χ2n) is 10.3. The Morgan fingerprint density at radius 1 is 0.974 bits per heavy atom. The number of imide groups is 1. The van der Waals surface area contributed by atoms with Gasteiger partial charge in [0.1, 0.15) is 11.9 Å². The van der Waals surface area contributed by atoms with Crippen molar-refractivity contribution in [2.24, 2.45) is 35.5 Å². The molecule has 1 aliphatic heterocycles. The van der Waals surface area contributed by atoms with Crippen molar-refractivity contribution in [1.82, 2.24) is 10.0 Å². The van der Waals surface area contributed by atoms with Crippen molar-refractivity contribution in [3.05, 3.63) is 81.6 Å².